The summed E-state index contributed by atoms with van der Waals surface area (Å²) in [6, 6.07) is 0. The summed E-state index contributed by atoms with van der Waals surface area (Å²) in [5.74, 6) is 0. The summed E-state index contributed by atoms with van der Waals surface area (Å²) >= 11 is 0. The lowest BCUT2D eigenvalue weighted by Gasteiger charge is -2.32. The van der Waals surface area contributed by atoms with Gasteiger partial charge in [0.05, 0.1) is 6.61 Å². The Labute approximate surface area is 108 Å². The van der Waals surface area contributed by atoms with Gasteiger partial charge >= 0.3 is 0 Å². The molecule has 0 aliphatic heterocycles. The molecule has 0 rings (SSSR count). The first-order valence-electron chi connectivity index (χ1n) is 7.26. The van der Waals surface area contributed by atoms with Crippen molar-refractivity contribution in [3.05, 3.63) is 0 Å². The average Bonchev–Trinajstić information content (AvgIpc) is 2.36. The lowest BCUT2D eigenvalue weighted by Crippen LogP contribution is -2.48. The quantitative estimate of drug-likeness (QED) is 0.585. The predicted octanol–water partition coefficient (Wildman–Crippen LogP) is 2.25. The van der Waals surface area contributed by atoms with Gasteiger partial charge in [-0.05, 0) is 51.9 Å². The van der Waals surface area contributed by atoms with E-state index >= 15 is 0 Å². The van der Waals surface area contributed by atoms with Gasteiger partial charge in [0.1, 0.15) is 0 Å². The van der Waals surface area contributed by atoms with Crippen molar-refractivity contribution < 1.29 is 5.11 Å². The van der Waals surface area contributed by atoms with E-state index < -0.39 is 0 Å². The van der Waals surface area contributed by atoms with Gasteiger partial charge in [-0.15, -0.1) is 0 Å². The minimum absolute atomic E-state index is 0.0552. The van der Waals surface area contributed by atoms with Crippen LogP contribution in [0.25, 0.3) is 0 Å². The van der Waals surface area contributed by atoms with Crippen LogP contribution in [-0.2, 0) is 0 Å². The molecule has 17 heavy (non-hydrogen) atoms. The summed E-state index contributed by atoms with van der Waals surface area (Å²) < 4.78 is 0. The highest BCUT2D eigenvalue weighted by Gasteiger charge is 2.25. The Morgan fingerprint density at radius 1 is 1.12 bits per heavy atom. The molecule has 0 heterocycles. The molecule has 3 heteroatoms. The van der Waals surface area contributed by atoms with Gasteiger partial charge in [0.25, 0.3) is 0 Å². The molecule has 0 aliphatic carbocycles. The SMILES string of the molecule is CCCN(CC)CCCC(CC)(CO)NCC. The molecule has 0 fully saturated rings. The van der Waals surface area contributed by atoms with Gasteiger partial charge in [-0.2, -0.15) is 0 Å². The zero-order valence-corrected chi connectivity index (χ0v) is 12.3. The van der Waals surface area contributed by atoms with Crippen molar-refractivity contribution in [1.82, 2.24) is 10.2 Å². The third-order valence-electron chi connectivity index (χ3n) is 3.65. The van der Waals surface area contributed by atoms with Crippen LogP contribution in [0.3, 0.4) is 0 Å². The number of rotatable bonds is 11. The third-order valence-corrected chi connectivity index (χ3v) is 3.65. The minimum Gasteiger partial charge on any atom is -0.394 e. The highest BCUT2D eigenvalue weighted by molar-refractivity contribution is 4.85. The van der Waals surface area contributed by atoms with Gasteiger partial charge in [0, 0.05) is 5.54 Å². The van der Waals surface area contributed by atoms with Crippen molar-refractivity contribution in [3.8, 4) is 0 Å². The average molecular weight is 244 g/mol. The fraction of sp³-hybridized carbons (Fsp3) is 1.00. The number of aliphatic hydroxyl groups excluding tert-OH is 1. The number of likely N-dealkylation sites (N-methyl/N-ethyl adjacent to an activating group) is 1. The zero-order valence-electron chi connectivity index (χ0n) is 12.3. The van der Waals surface area contributed by atoms with Crippen molar-refractivity contribution in [2.24, 2.45) is 0 Å². The van der Waals surface area contributed by atoms with Gasteiger partial charge in [0.15, 0.2) is 0 Å². The highest BCUT2D eigenvalue weighted by Crippen LogP contribution is 2.17. The Morgan fingerprint density at radius 2 is 1.82 bits per heavy atom. The van der Waals surface area contributed by atoms with E-state index in [1.165, 1.54) is 13.0 Å². The number of nitrogens with zero attached hydrogens (tertiary/aromatic N) is 1. The van der Waals surface area contributed by atoms with Crippen LogP contribution in [0.2, 0.25) is 0 Å². The van der Waals surface area contributed by atoms with Gasteiger partial charge in [-0.3, -0.25) is 0 Å². The Balaban J connectivity index is 4.03. The normalized spacial score (nSPS) is 15.2. The number of hydrogen-bond donors (Lipinski definition) is 2. The second-order valence-electron chi connectivity index (χ2n) is 4.86. The predicted molar refractivity (Wildman–Crippen MR) is 75.4 cm³/mol. The van der Waals surface area contributed by atoms with Gasteiger partial charge in [-0.1, -0.05) is 27.7 Å². The monoisotopic (exact) mass is 244 g/mol. The maximum Gasteiger partial charge on any atom is 0.0613 e. The van der Waals surface area contributed by atoms with Crippen LogP contribution in [0.1, 0.15) is 53.4 Å². The van der Waals surface area contributed by atoms with E-state index in [9.17, 15) is 5.11 Å². The summed E-state index contributed by atoms with van der Waals surface area (Å²) in [6.45, 7) is 13.4. The van der Waals surface area contributed by atoms with Crippen LogP contribution in [0.15, 0.2) is 0 Å². The first-order chi connectivity index (χ1) is 8.17. The van der Waals surface area contributed by atoms with Crippen LogP contribution in [0.4, 0.5) is 0 Å². The van der Waals surface area contributed by atoms with Gasteiger partial charge in [0.2, 0.25) is 0 Å². The van der Waals surface area contributed by atoms with Crippen molar-refractivity contribution in [2.45, 2.75) is 58.9 Å². The summed E-state index contributed by atoms with van der Waals surface area (Å²) in [6.07, 6.45) is 4.44. The second-order valence-corrected chi connectivity index (χ2v) is 4.86. The lowest BCUT2D eigenvalue weighted by molar-refractivity contribution is 0.140. The molecule has 0 aromatic carbocycles. The van der Waals surface area contributed by atoms with E-state index in [2.05, 4.69) is 37.9 Å². The maximum absolute atomic E-state index is 9.56. The topological polar surface area (TPSA) is 35.5 Å². The molecule has 0 bridgehead atoms. The molecule has 3 nitrogen and oxygen atoms in total. The van der Waals surface area contributed by atoms with Crippen molar-refractivity contribution >= 4 is 0 Å². The molecule has 104 valence electrons. The first-order valence-corrected chi connectivity index (χ1v) is 7.26. The van der Waals surface area contributed by atoms with Crippen molar-refractivity contribution in [3.63, 3.8) is 0 Å². The van der Waals surface area contributed by atoms with Crippen LogP contribution in [-0.4, -0.2) is 48.3 Å². The molecular formula is C14H32N2O. The summed E-state index contributed by atoms with van der Waals surface area (Å²) in [4.78, 5) is 2.49. The van der Waals surface area contributed by atoms with Crippen molar-refractivity contribution in [1.29, 1.82) is 0 Å². The Hall–Kier alpha value is -0.120. The van der Waals surface area contributed by atoms with Crippen LogP contribution in [0.5, 0.6) is 0 Å². The minimum atomic E-state index is -0.0552. The Morgan fingerprint density at radius 3 is 2.24 bits per heavy atom. The molecule has 1 unspecified atom stereocenters. The first kappa shape index (κ1) is 16.9. The summed E-state index contributed by atoms with van der Waals surface area (Å²) in [5.41, 5.74) is -0.0552. The lowest BCUT2D eigenvalue weighted by atomic mass is 9.91. The Bertz CT molecular complexity index is 170. The molecule has 0 aliphatic rings. The molecule has 0 saturated carbocycles. The standard InChI is InChI=1S/C14H32N2O/c1-5-11-16(8-4)12-9-10-14(6-2,13-17)15-7-3/h15,17H,5-13H2,1-4H3. The van der Waals surface area contributed by atoms with E-state index in [1.54, 1.807) is 0 Å². The second kappa shape index (κ2) is 9.86. The molecule has 0 radical (unpaired) electrons. The van der Waals surface area contributed by atoms with E-state index in [0.717, 1.165) is 38.9 Å². The zero-order chi connectivity index (χ0) is 13.1. The van der Waals surface area contributed by atoms with Crippen molar-refractivity contribution in [2.75, 3.05) is 32.8 Å². The summed E-state index contributed by atoms with van der Waals surface area (Å²) in [7, 11) is 0. The molecule has 0 aromatic heterocycles. The van der Waals surface area contributed by atoms with E-state index in [4.69, 9.17) is 0 Å². The number of nitrogens with one attached hydrogen (secondary N) is 1. The Kier molecular flexibility index (Phi) is 9.79. The molecule has 0 aromatic rings. The number of hydrogen-bond acceptors (Lipinski definition) is 3. The van der Waals surface area contributed by atoms with E-state index in [0.29, 0.717) is 0 Å². The van der Waals surface area contributed by atoms with E-state index in [-0.39, 0.29) is 12.1 Å². The fourth-order valence-corrected chi connectivity index (χ4v) is 2.40. The largest absolute Gasteiger partial charge is 0.394 e. The van der Waals surface area contributed by atoms with Crippen LogP contribution in [0, 0.1) is 0 Å². The van der Waals surface area contributed by atoms with Gasteiger partial charge in [-0.25, -0.2) is 0 Å². The highest BCUT2D eigenvalue weighted by atomic mass is 16.3. The number of aliphatic hydroxyl groups is 1. The molecule has 0 amide bonds. The summed E-state index contributed by atoms with van der Waals surface area (Å²) in [5, 5.41) is 13.0. The molecule has 2 N–H and O–H groups in total. The van der Waals surface area contributed by atoms with Crippen LogP contribution < -0.4 is 5.32 Å². The third kappa shape index (κ3) is 6.39. The van der Waals surface area contributed by atoms with Crippen LogP contribution >= 0.6 is 0 Å². The smallest absolute Gasteiger partial charge is 0.0613 e. The van der Waals surface area contributed by atoms with E-state index in [1.807, 2.05) is 0 Å². The molecule has 1 atom stereocenters. The molecule has 0 saturated heterocycles. The fourth-order valence-electron chi connectivity index (χ4n) is 2.40. The maximum atomic E-state index is 9.56. The molecular weight excluding hydrogens is 212 g/mol. The molecule has 0 spiro atoms. The van der Waals surface area contributed by atoms with Gasteiger partial charge < -0.3 is 15.3 Å².